The van der Waals surface area contributed by atoms with Crippen LogP contribution >= 0.6 is 34.7 Å². The first-order valence-electron chi connectivity index (χ1n) is 15.5. The minimum Gasteiger partial charge on any atom is -0.335 e. The second-order valence-electron chi connectivity index (χ2n) is 11.4. The Balaban J connectivity index is 1.04. The highest BCUT2D eigenvalue weighted by atomic mass is 35.5. The van der Waals surface area contributed by atoms with Gasteiger partial charge in [-0.2, -0.15) is 0 Å². The number of carbonyl (C=O) groups excluding carboxylic acids is 1. The van der Waals surface area contributed by atoms with Crippen molar-refractivity contribution in [1.29, 1.82) is 0 Å². The molecule has 1 fully saturated rings. The van der Waals surface area contributed by atoms with E-state index in [0.717, 1.165) is 34.5 Å². The summed E-state index contributed by atoms with van der Waals surface area (Å²) in [5.74, 6) is 1.23. The Hall–Kier alpha value is -4.28. The molecule has 0 N–H and O–H groups in total. The smallest absolute Gasteiger partial charge is 0.273 e. The molecule has 0 bridgehead atoms. The third-order valence-corrected chi connectivity index (χ3v) is 10.6. The molecule has 7 nitrogen and oxygen atoms in total. The van der Waals surface area contributed by atoms with Crippen LogP contribution in [0.4, 0.5) is 0 Å². The minimum atomic E-state index is -0.0167. The van der Waals surface area contributed by atoms with Gasteiger partial charge in [-0.1, -0.05) is 114 Å². The molecule has 1 aliphatic heterocycles. The first kappa shape index (κ1) is 31.3. The fraction of sp³-hybridized carbons (Fsp3) is 0.189. The number of hydrogen-bond acceptors (Lipinski definition) is 7. The van der Waals surface area contributed by atoms with Gasteiger partial charge in [-0.3, -0.25) is 14.3 Å². The topological polar surface area (TPSA) is 67.2 Å². The molecule has 4 aromatic carbocycles. The molecule has 0 radical (unpaired) electrons. The van der Waals surface area contributed by atoms with Crippen molar-refractivity contribution in [1.82, 2.24) is 29.5 Å². The lowest BCUT2D eigenvalue weighted by atomic mass is 9.96. The highest BCUT2D eigenvalue weighted by Crippen LogP contribution is 2.34. The van der Waals surface area contributed by atoms with E-state index < -0.39 is 0 Å². The first-order valence-corrected chi connectivity index (χ1v) is 17.8. The quantitative estimate of drug-likeness (QED) is 0.144. The number of aromatic nitrogens is 4. The molecule has 2 aromatic heterocycles. The second-order valence-corrected chi connectivity index (χ2v) is 13.7. The molecular formula is C37H33ClN6OS2. The van der Waals surface area contributed by atoms with Gasteiger partial charge in [0.05, 0.1) is 16.8 Å². The van der Waals surface area contributed by atoms with Gasteiger partial charge in [0.1, 0.15) is 10.7 Å². The molecule has 3 heterocycles. The fourth-order valence-corrected chi connectivity index (χ4v) is 7.90. The maximum atomic E-state index is 13.6. The number of aryl methyl sites for hydroxylation is 1. The van der Waals surface area contributed by atoms with Gasteiger partial charge in [0.15, 0.2) is 11.0 Å². The number of thiazole rings is 1. The molecule has 236 valence electrons. The van der Waals surface area contributed by atoms with Gasteiger partial charge in [-0.15, -0.1) is 21.5 Å². The molecule has 0 atom stereocenters. The van der Waals surface area contributed by atoms with Crippen LogP contribution in [0.3, 0.4) is 0 Å². The standard InChI is InChI=1S/C37H33ClN6OS2/c1-26-16-18-29(19-17-26)44-35(30-14-8-9-15-31(30)38)40-41-37(44)47-25-33-39-32(24-46-33)36(45)43-22-20-42(21-23-43)34(27-10-4-2-5-11-27)28-12-6-3-7-13-28/h2-19,24,34H,20-23,25H2,1H3. The lowest BCUT2D eigenvalue weighted by Gasteiger charge is -2.39. The van der Waals surface area contributed by atoms with Gasteiger partial charge in [0, 0.05) is 42.8 Å². The molecule has 0 spiro atoms. The van der Waals surface area contributed by atoms with E-state index >= 15 is 0 Å². The van der Waals surface area contributed by atoms with Crippen molar-refractivity contribution in [3.63, 3.8) is 0 Å². The molecule has 47 heavy (non-hydrogen) atoms. The van der Waals surface area contributed by atoms with E-state index in [1.54, 1.807) is 11.8 Å². The number of halogens is 1. The summed E-state index contributed by atoms with van der Waals surface area (Å²) in [6, 6.07) is 37.3. The van der Waals surface area contributed by atoms with Crippen LogP contribution in [0, 0.1) is 6.92 Å². The van der Waals surface area contributed by atoms with Crippen LogP contribution in [0.2, 0.25) is 5.02 Å². The molecule has 0 unspecified atom stereocenters. The first-order chi connectivity index (χ1) is 23.0. The van der Waals surface area contributed by atoms with Gasteiger partial charge in [0.25, 0.3) is 5.91 Å². The zero-order valence-electron chi connectivity index (χ0n) is 25.9. The summed E-state index contributed by atoms with van der Waals surface area (Å²) in [5, 5.41) is 13.2. The van der Waals surface area contributed by atoms with Crippen LogP contribution in [0.1, 0.15) is 38.2 Å². The van der Waals surface area contributed by atoms with E-state index in [-0.39, 0.29) is 11.9 Å². The SMILES string of the molecule is Cc1ccc(-n2c(SCc3nc(C(=O)N4CCN(C(c5ccccc5)c5ccccc5)CC4)cs3)nnc2-c2ccccc2Cl)cc1. The molecule has 1 saturated heterocycles. The van der Waals surface area contributed by atoms with Gasteiger partial charge in [0.2, 0.25) is 0 Å². The van der Waals surface area contributed by atoms with E-state index in [1.165, 1.54) is 28.0 Å². The largest absolute Gasteiger partial charge is 0.335 e. The molecule has 6 aromatic rings. The number of amides is 1. The van der Waals surface area contributed by atoms with E-state index in [9.17, 15) is 4.79 Å². The van der Waals surface area contributed by atoms with Crippen molar-refractivity contribution in [3.05, 3.63) is 147 Å². The van der Waals surface area contributed by atoms with Gasteiger partial charge in [-0.05, 0) is 42.3 Å². The number of hydrogen-bond donors (Lipinski definition) is 0. The van der Waals surface area contributed by atoms with E-state index in [2.05, 4.69) is 107 Å². The van der Waals surface area contributed by atoms with Crippen molar-refractivity contribution < 1.29 is 4.79 Å². The average molecular weight is 677 g/mol. The second kappa shape index (κ2) is 14.2. The lowest BCUT2D eigenvalue weighted by molar-refractivity contribution is 0.0592. The molecule has 0 saturated carbocycles. The van der Waals surface area contributed by atoms with Gasteiger partial charge >= 0.3 is 0 Å². The molecule has 1 aliphatic rings. The molecule has 7 rings (SSSR count). The molecule has 10 heteroatoms. The van der Waals surface area contributed by atoms with Crippen LogP contribution < -0.4 is 0 Å². The number of thioether (sulfide) groups is 1. The van der Waals surface area contributed by atoms with Crippen molar-refractivity contribution in [2.75, 3.05) is 26.2 Å². The summed E-state index contributed by atoms with van der Waals surface area (Å²) in [4.78, 5) is 22.7. The Kier molecular flexibility index (Phi) is 9.49. The van der Waals surface area contributed by atoms with Crippen molar-refractivity contribution in [2.24, 2.45) is 0 Å². The van der Waals surface area contributed by atoms with Crippen molar-refractivity contribution in [3.8, 4) is 17.1 Å². The highest BCUT2D eigenvalue weighted by Gasteiger charge is 2.29. The Morgan fingerprint density at radius 2 is 1.47 bits per heavy atom. The third-order valence-electron chi connectivity index (χ3n) is 8.33. The predicted octanol–water partition coefficient (Wildman–Crippen LogP) is 8.19. The number of piperazine rings is 1. The molecule has 0 aliphatic carbocycles. The van der Waals surface area contributed by atoms with Crippen molar-refractivity contribution in [2.45, 2.75) is 23.9 Å². The number of nitrogens with zero attached hydrogens (tertiary/aromatic N) is 6. The van der Waals surface area contributed by atoms with Crippen LogP contribution in [0.25, 0.3) is 17.1 Å². The highest BCUT2D eigenvalue weighted by molar-refractivity contribution is 7.98. The predicted molar refractivity (Wildman–Crippen MR) is 190 cm³/mol. The molecular weight excluding hydrogens is 644 g/mol. The maximum absolute atomic E-state index is 13.6. The Morgan fingerprint density at radius 3 is 2.13 bits per heavy atom. The number of benzene rings is 4. The zero-order chi connectivity index (χ0) is 32.2. The van der Waals surface area contributed by atoms with E-state index in [0.29, 0.717) is 35.4 Å². The maximum Gasteiger partial charge on any atom is 0.273 e. The van der Waals surface area contributed by atoms with Crippen LogP contribution in [-0.2, 0) is 5.75 Å². The molecule has 1 amide bonds. The summed E-state index contributed by atoms with van der Waals surface area (Å²) in [5.41, 5.74) is 5.96. The van der Waals surface area contributed by atoms with Crippen LogP contribution in [0.5, 0.6) is 0 Å². The van der Waals surface area contributed by atoms with Crippen LogP contribution in [0.15, 0.2) is 120 Å². The van der Waals surface area contributed by atoms with Crippen molar-refractivity contribution >= 4 is 40.6 Å². The summed E-state index contributed by atoms with van der Waals surface area (Å²) in [7, 11) is 0. The van der Waals surface area contributed by atoms with E-state index in [1.807, 2.05) is 39.1 Å². The Labute approximate surface area is 287 Å². The number of rotatable bonds is 9. The lowest BCUT2D eigenvalue weighted by Crippen LogP contribution is -2.50. The Bertz CT molecular complexity index is 1910. The van der Waals surface area contributed by atoms with Crippen LogP contribution in [-0.4, -0.2) is 61.6 Å². The zero-order valence-corrected chi connectivity index (χ0v) is 28.3. The number of carbonyl (C=O) groups is 1. The summed E-state index contributed by atoms with van der Waals surface area (Å²) in [6.07, 6.45) is 0. The van der Waals surface area contributed by atoms with E-state index in [4.69, 9.17) is 16.6 Å². The average Bonchev–Trinajstić information content (AvgIpc) is 3.77. The normalized spacial score (nSPS) is 13.7. The Morgan fingerprint density at radius 1 is 0.830 bits per heavy atom. The third kappa shape index (κ3) is 6.89. The fourth-order valence-electron chi connectivity index (χ4n) is 5.94. The summed E-state index contributed by atoms with van der Waals surface area (Å²) >= 11 is 9.61. The monoisotopic (exact) mass is 676 g/mol. The summed E-state index contributed by atoms with van der Waals surface area (Å²) < 4.78 is 2.03. The van der Waals surface area contributed by atoms with Gasteiger partial charge < -0.3 is 4.90 Å². The van der Waals surface area contributed by atoms with Gasteiger partial charge in [-0.25, -0.2) is 4.98 Å². The summed E-state index contributed by atoms with van der Waals surface area (Å²) in [6.45, 7) is 4.95. The minimum absolute atomic E-state index is 0.0167.